The van der Waals surface area contributed by atoms with Crippen molar-refractivity contribution in [2.24, 2.45) is 5.92 Å². The zero-order valence-corrected chi connectivity index (χ0v) is 16.5. The van der Waals surface area contributed by atoms with Crippen LogP contribution in [-0.2, 0) is 16.0 Å². The second-order valence-electron chi connectivity index (χ2n) is 7.33. The molecule has 2 aromatic carbocycles. The molecule has 27 heavy (non-hydrogen) atoms. The summed E-state index contributed by atoms with van der Waals surface area (Å²) in [6.45, 7) is 4.94. The minimum absolute atomic E-state index is 0.0198. The van der Waals surface area contributed by atoms with Crippen LogP contribution in [0.2, 0.25) is 5.02 Å². The molecule has 0 aliphatic carbocycles. The Bertz CT molecular complexity index is 800. The maximum atomic E-state index is 12.6. The lowest BCUT2D eigenvalue weighted by Crippen LogP contribution is -2.32. The summed E-state index contributed by atoms with van der Waals surface area (Å²) in [6.07, 6.45) is 1.83. The van der Waals surface area contributed by atoms with Gasteiger partial charge in [0.1, 0.15) is 0 Å². The van der Waals surface area contributed by atoms with Crippen molar-refractivity contribution in [1.82, 2.24) is 5.32 Å². The van der Waals surface area contributed by atoms with E-state index < -0.39 is 0 Å². The number of anilines is 1. The van der Waals surface area contributed by atoms with Crippen LogP contribution in [0.25, 0.3) is 0 Å². The number of hydrogen-bond donors (Lipinski definition) is 1. The Morgan fingerprint density at radius 3 is 2.33 bits per heavy atom. The molecule has 1 aliphatic heterocycles. The molecule has 5 heteroatoms. The van der Waals surface area contributed by atoms with Gasteiger partial charge in [-0.1, -0.05) is 49.7 Å². The smallest absolute Gasteiger partial charge is 0.227 e. The predicted molar refractivity (Wildman–Crippen MR) is 109 cm³/mol. The van der Waals surface area contributed by atoms with E-state index in [0.29, 0.717) is 17.9 Å². The Labute approximate surface area is 165 Å². The molecular weight excluding hydrogens is 360 g/mol. The van der Waals surface area contributed by atoms with Gasteiger partial charge in [0.15, 0.2) is 0 Å². The summed E-state index contributed by atoms with van der Waals surface area (Å²) in [4.78, 5) is 26.2. The van der Waals surface area contributed by atoms with Gasteiger partial charge in [-0.15, -0.1) is 0 Å². The average molecular weight is 385 g/mol. The number of carbonyl (C=O) groups is 2. The van der Waals surface area contributed by atoms with E-state index in [-0.39, 0.29) is 23.8 Å². The Morgan fingerprint density at radius 2 is 1.78 bits per heavy atom. The number of halogens is 1. The zero-order chi connectivity index (χ0) is 19.4. The van der Waals surface area contributed by atoms with Gasteiger partial charge in [0.05, 0.1) is 12.5 Å². The van der Waals surface area contributed by atoms with Crippen LogP contribution in [0.3, 0.4) is 0 Å². The van der Waals surface area contributed by atoms with Crippen LogP contribution >= 0.6 is 11.6 Å². The molecule has 4 nitrogen and oxygen atoms in total. The van der Waals surface area contributed by atoms with E-state index in [1.165, 1.54) is 0 Å². The second kappa shape index (κ2) is 8.57. The third kappa shape index (κ3) is 4.89. The van der Waals surface area contributed by atoms with Crippen molar-refractivity contribution in [2.75, 3.05) is 11.4 Å². The summed E-state index contributed by atoms with van der Waals surface area (Å²) in [7, 11) is 0. The molecule has 1 heterocycles. The quantitative estimate of drug-likeness (QED) is 0.795. The standard InChI is InChI=1S/C22H25ClN2O2/c1-15(2)22(17-7-9-18(23)10-8-17)24-20(26)14-16-5-11-19(12-6-16)25-13-3-4-21(25)27/h5-12,15,22H,3-4,13-14H2,1-2H3,(H,24,26)/t22-/m0/s1. The molecule has 0 bridgehead atoms. The van der Waals surface area contributed by atoms with Gasteiger partial charge in [0.2, 0.25) is 11.8 Å². The summed E-state index contributed by atoms with van der Waals surface area (Å²) in [6, 6.07) is 15.2. The Hall–Kier alpha value is -2.33. The highest BCUT2D eigenvalue weighted by atomic mass is 35.5. The molecule has 1 fully saturated rings. The van der Waals surface area contributed by atoms with E-state index >= 15 is 0 Å². The Balaban J connectivity index is 1.63. The fourth-order valence-corrected chi connectivity index (χ4v) is 3.56. The summed E-state index contributed by atoms with van der Waals surface area (Å²) in [5, 5.41) is 3.82. The lowest BCUT2D eigenvalue weighted by molar-refractivity contribution is -0.121. The molecule has 2 aromatic rings. The van der Waals surface area contributed by atoms with Crippen LogP contribution in [0, 0.1) is 5.92 Å². The number of hydrogen-bond acceptors (Lipinski definition) is 2. The van der Waals surface area contributed by atoms with E-state index in [1.807, 2.05) is 48.5 Å². The van der Waals surface area contributed by atoms with E-state index in [9.17, 15) is 9.59 Å². The van der Waals surface area contributed by atoms with Gasteiger partial charge in [-0.05, 0) is 47.7 Å². The molecule has 2 amide bonds. The lowest BCUT2D eigenvalue weighted by atomic mass is 9.95. The van der Waals surface area contributed by atoms with Gasteiger partial charge in [-0.25, -0.2) is 0 Å². The maximum absolute atomic E-state index is 12.6. The number of amides is 2. The van der Waals surface area contributed by atoms with Gasteiger partial charge in [0.25, 0.3) is 0 Å². The fourth-order valence-electron chi connectivity index (χ4n) is 3.43. The SMILES string of the molecule is CC(C)[C@H](NC(=O)Cc1ccc(N2CCCC2=O)cc1)c1ccc(Cl)cc1. The van der Waals surface area contributed by atoms with E-state index in [4.69, 9.17) is 11.6 Å². The van der Waals surface area contributed by atoms with Crippen molar-refractivity contribution >= 4 is 29.1 Å². The second-order valence-corrected chi connectivity index (χ2v) is 7.77. The number of nitrogens with zero attached hydrogens (tertiary/aromatic N) is 1. The molecule has 1 saturated heterocycles. The first-order valence-electron chi connectivity index (χ1n) is 9.38. The minimum Gasteiger partial charge on any atom is -0.349 e. The Morgan fingerprint density at radius 1 is 1.11 bits per heavy atom. The number of nitrogens with one attached hydrogen (secondary N) is 1. The lowest BCUT2D eigenvalue weighted by Gasteiger charge is -2.23. The van der Waals surface area contributed by atoms with Crippen LogP contribution in [-0.4, -0.2) is 18.4 Å². The van der Waals surface area contributed by atoms with Crippen molar-refractivity contribution < 1.29 is 9.59 Å². The van der Waals surface area contributed by atoms with Gasteiger partial charge < -0.3 is 10.2 Å². The van der Waals surface area contributed by atoms with Crippen LogP contribution in [0.4, 0.5) is 5.69 Å². The molecule has 0 unspecified atom stereocenters. The van der Waals surface area contributed by atoms with Crippen molar-refractivity contribution in [1.29, 1.82) is 0 Å². The zero-order valence-electron chi connectivity index (χ0n) is 15.7. The van der Waals surface area contributed by atoms with Crippen LogP contribution < -0.4 is 10.2 Å². The first-order chi connectivity index (χ1) is 12.9. The average Bonchev–Trinajstić information content (AvgIpc) is 3.07. The topological polar surface area (TPSA) is 49.4 Å². The molecule has 3 rings (SSSR count). The third-order valence-electron chi connectivity index (χ3n) is 4.90. The molecule has 1 aliphatic rings. The Kier molecular flexibility index (Phi) is 6.17. The largest absolute Gasteiger partial charge is 0.349 e. The van der Waals surface area contributed by atoms with E-state index in [1.54, 1.807) is 4.90 Å². The maximum Gasteiger partial charge on any atom is 0.227 e. The molecule has 0 aromatic heterocycles. The monoisotopic (exact) mass is 384 g/mol. The summed E-state index contributed by atoms with van der Waals surface area (Å²) >= 11 is 5.97. The summed E-state index contributed by atoms with van der Waals surface area (Å²) in [5.74, 6) is 0.413. The first kappa shape index (κ1) is 19.4. The normalized spacial score (nSPS) is 15.3. The molecule has 1 atom stereocenters. The van der Waals surface area contributed by atoms with Gasteiger partial charge >= 0.3 is 0 Å². The molecule has 0 saturated carbocycles. The molecule has 0 spiro atoms. The van der Waals surface area contributed by atoms with Crippen molar-refractivity contribution in [3.63, 3.8) is 0 Å². The van der Waals surface area contributed by atoms with Gasteiger partial charge in [0, 0.05) is 23.7 Å². The van der Waals surface area contributed by atoms with Crippen molar-refractivity contribution in [3.8, 4) is 0 Å². The van der Waals surface area contributed by atoms with E-state index in [0.717, 1.165) is 29.8 Å². The number of benzene rings is 2. The van der Waals surface area contributed by atoms with Gasteiger partial charge in [-0.2, -0.15) is 0 Å². The number of rotatable bonds is 6. The van der Waals surface area contributed by atoms with Gasteiger partial charge in [-0.3, -0.25) is 9.59 Å². The summed E-state index contributed by atoms with van der Waals surface area (Å²) < 4.78 is 0. The number of carbonyl (C=O) groups excluding carboxylic acids is 2. The van der Waals surface area contributed by atoms with Crippen LogP contribution in [0.5, 0.6) is 0 Å². The summed E-state index contributed by atoms with van der Waals surface area (Å²) in [5.41, 5.74) is 2.88. The van der Waals surface area contributed by atoms with E-state index in [2.05, 4.69) is 19.2 Å². The van der Waals surface area contributed by atoms with Crippen molar-refractivity contribution in [2.45, 2.75) is 39.2 Å². The molecular formula is C22H25ClN2O2. The molecule has 0 radical (unpaired) electrons. The highest BCUT2D eigenvalue weighted by molar-refractivity contribution is 6.30. The van der Waals surface area contributed by atoms with Crippen molar-refractivity contribution in [3.05, 3.63) is 64.7 Å². The van der Waals surface area contributed by atoms with Crippen LogP contribution in [0.15, 0.2) is 48.5 Å². The highest BCUT2D eigenvalue weighted by Crippen LogP contribution is 2.24. The van der Waals surface area contributed by atoms with Crippen LogP contribution in [0.1, 0.15) is 43.9 Å². The fraction of sp³-hybridized carbons (Fsp3) is 0.364. The molecule has 1 N–H and O–H groups in total. The predicted octanol–water partition coefficient (Wildman–Crippen LogP) is 4.52. The first-order valence-corrected chi connectivity index (χ1v) is 9.76. The third-order valence-corrected chi connectivity index (χ3v) is 5.15. The highest BCUT2D eigenvalue weighted by Gasteiger charge is 2.22. The molecule has 142 valence electrons. The minimum atomic E-state index is -0.0590.